The van der Waals surface area contributed by atoms with E-state index in [1.54, 1.807) is 0 Å². The van der Waals surface area contributed by atoms with Crippen LogP contribution in [-0.2, 0) is 17.8 Å². The fourth-order valence-electron chi connectivity index (χ4n) is 2.59. The predicted octanol–water partition coefficient (Wildman–Crippen LogP) is 2.29. The molecule has 2 rings (SSSR count). The number of nitrogens with two attached hydrogens (primary N) is 1. The van der Waals surface area contributed by atoms with Gasteiger partial charge in [-0.05, 0) is 49.6 Å². The van der Waals surface area contributed by atoms with Gasteiger partial charge in [-0.25, -0.2) is 4.39 Å². The van der Waals surface area contributed by atoms with Crippen molar-refractivity contribution in [1.82, 2.24) is 4.90 Å². The van der Waals surface area contributed by atoms with Crippen molar-refractivity contribution in [2.75, 3.05) is 20.2 Å². The van der Waals surface area contributed by atoms with E-state index >= 15 is 0 Å². The molecule has 19 heavy (non-hydrogen) atoms. The van der Waals surface area contributed by atoms with E-state index in [-0.39, 0.29) is 5.82 Å². The van der Waals surface area contributed by atoms with Crippen molar-refractivity contribution in [3.63, 3.8) is 0 Å². The highest BCUT2D eigenvalue weighted by Gasteiger charge is 2.16. The van der Waals surface area contributed by atoms with E-state index in [9.17, 15) is 4.39 Å². The Morgan fingerprint density at radius 3 is 2.89 bits per heavy atom. The molecule has 0 aromatic heterocycles. The number of rotatable bonds is 5. The molecule has 1 heterocycles. The first-order valence-corrected chi connectivity index (χ1v) is 6.96. The third kappa shape index (κ3) is 4.27. The van der Waals surface area contributed by atoms with Gasteiger partial charge in [-0.15, -0.1) is 0 Å². The number of benzene rings is 1. The summed E-state index contributed by atoms with van der Waals surface area (Å²) in [6.07, 6.45) is 3.90. The Labute approximate surface area is 114 Å². The number of likely N-dealkylation sites (N-methyl/N-ethyl adjacent to an activating group) is 1. The van der Waals surface area contributed by atoms with E-state index in [0.29, 0.717) is 12.6 Å². The SMILES string of the molecule is CN(Cc1ccc(F)cc1CN)CC1CCCCO1. The van der Waals surface area contributed by atoms with E-state index in [4.69, 9.17) is 10.5 Å². The predicted molar refractivity (Wildman–Crippen MR) is 74.2 cm³/mol. The third-order valence-corrected chi connectivity index (χ3v) is 3.62. The molecule has 0 aliphatic carbocycles. The van der Waals surface area contributed by atoms with E-state index in [0.717, 1.165) is 37.2 Å². The topological polar surface area (TPSA) is 38.5 Å². The molecule has 4 heteroatoms. The van der Waals surface area contributed by atoms with Crippen LogP contribution in [0, 0.1) is 5.82 Å². The molecule has 0 bridgehead atoms. The van der Waals surface area contributed by atoms with Gasteiger partial charge in [0.1, 0.15) is 5.82 Å². The fraction of sp³-hybridized carbons (Fsp3) is 0.600. The number of hydrogen-bond acceptors (Lipinski definition) is 3. The second-order valence-corrected chi connectivity index (χ2v) is 5.30. The first kappa shape index (κ1) is 14.4. The van der Waals surface area contributed by atoms with Crippen LogP contribution < -0.4 is 5.73 Å². The van der Waals surface area contributed by atoms with Crippen molar-refractivity contribution < 1.29 is 9.13 Å². The Balaban J connectivity index is 1.92. The lowest BCUT2D eigenvalue weighted by molar-refractivity contribution is -0.00262. The van der Waals surface area contributed by atoms with Gasteiger partial charge in [0.2, 0.25) is 0 Å². The van der Waals surface area contributed by atoms with Crippen LogP contribution in [0.15, 0.2) is 18.2 Å². The monoisotopic (exact) mass is 266 g/mol. The number of ether oxygens (including phenoxy) is 1. The second kappa shape index (κ2) is 6.98. The summed E-state index contributed by atoms with van der Waals surface area (Å²) in [5.41, 5.74) is 7.65. The summed E-state index contributed by atoms with van der Waals surface area (Å²) in [5, 5.41) is 0. The molecule has 3 nitrogen and oxygen atoms in total. The summed E-state index contributed by atoms with van der Waals surface area (Å²) in [5.74, 6) is -0.220. The smallest absolute Gasteiger partial charge is 0.123 e. The Hall–Kier alpha value is -0.970. The molecule has 1 unspecified atom stereocenters. The zero-order valence-corrected chi connectivity index (χ0v) is 11.6. The molecule has 1 aliphatic rings. The van der Waals surface area contributed by atoms with E-state index in [2.05, 4.69) is 11.9 Å². The molecule has 0 radical (unpaired) electrons. The summed E-state index contributed by atoms with van der Waals surface area (Å²) in [6.45, 7) is 2.96. The Bertz CT molecular complexity index is 405. The zero-order valence-electron chi connectivity index (χ0n) is 11.6. The van der Waals surface area contributed by atoms with Crippen LogP contribution in [0.1, 0.15) is 30.4 Å². The largest absolute Gasteiger partial charge is 0.377 e. The molecule has 1 fully saturated rings. The van der Waals surface area contributed by atoms with Crippen molar-refractivity contribution >= 4 is 0 Å². The summed E-state index contributed by atoms with van der Waals surface area (Å²) in [6, 6.07) is 4.86. The molecule has 0 spiro atoms. The summed E-state index contributed by atoms with van der Waals surface area (Å²) in [7, 11) is 2.07. The van der Waals surface area contributed by atoms with Crippen molar-refractivity contribution in [2.45, 2.75) is 38.5 Å². The number of halogens is 1. The van der Waals surface area contributed by atoms with Crippen LogP contribution in [-0.4, -0.2) is 31.2 Å². The maximum absolute atomic E-state index is 13.2. The number of nitrogens with zero attached hydrogens (tertiary/aromatic N) is 1. The molecule has 1 saturated heterocycles. The van der Waals surface area contributed by atoms with Crippen LogP contribution in [0.4, 0.5) is 4.39 Å². The molecule has 1 aliphatic heterocycles. The fourth-order valence-corrected chi connectivity index (χ4v) is 2.59. The third-order valence-electron chi connectivity index (χ3n) is 3.62. The molecule has 0 amide bonds. The van der Waals surface area contributed by atoms with Crippen LogP contribution in [0.3, 0.4) is 0 Å². The van der Waals surface area contributed by atoms with Crippen LogP contribution >= 0.6 is 0 Å². The molecule has 2 N–H and O–H groups in total. The quantitative estimate of drug-likeness (QED) is 0.888. The van der Waals surface area contributed by atoms with Gasteiger partial charge in [0.25, 0.3) is 0 Å². The van der Waals surface area contributed by atoms with Gasteiger partial charge in [-0.1, -0.05) is 6.07 Å². The van der Waals surface area contributed by atoms with Crippen molar-refractivity contribution in [3.05, 3.63) is 35.1 Å². The van der Waals surface area contributed by atoms with Gasteiger partial charge in [-0.2, -0.15) is 0 Å². The minimum absolute atomic E-state index is 0.220. The molecule has 106 valence electrons. The average molecular weight is 266 g/mol. The van der Waals surface area contributed by atoms with Gasteiger partial charge in [-0.3, -0.25) is 4.90 Å². The van der Waals surface area contributed by atoms with Gasteiger partial charge in [0.15, 0.2) is 0 Å². The highest BCUT2D eigenvalue weighted by Crippen LogP contribution is 2.16. The van der Waals surface area contributed by atoms with Crippen LogP contribution in [0.5, 0.6) is 0 Å². The highest BCUT2D eigenvalue weighted by molar-refractivity contribution is 5.27. The lowest BCUT2D eigenvalue weighted by atomic mass is 10.1. The maximum atomic E-state index is 13.2. The van der Waals surface area contributed by atoms with E-state index < -0.39 is 0 Å². The van der Waals surface area contributed by atoms with Gasteiger partial charge >= 0.3 is 0 Å². The number of hydrogen-bond donors (Lipinski definition) is 1. The van der Waals surface area contributed by atoms with E-state index in [1.807, 2.05) is 6.07 Å². The Kier molecular flexibility index (Phi) is 5.31. The van der Waals surface area contributed by atoms with Crippen LogP contribution in [0.2, 0.25) is 0 Å². The lowest BCUT2D eigenvalue weighted by Crippen LogP contribution is -2.33. The average Bonchev–Trinajstić information content (AvgIpc) is 2.42. The van der Waals surface area contributed by atoms with Crippen molar-refractivity contribution in [1.29, 1.82) is 0 Å². The Morgan fingerprint density at radius 1 is 1.37 bits per heavy atom. The molecule has 1 aromatic carbocycles. The van der Waals surface area contributed by atoms with Gasteiger partial charge in [0.05, 0.1) is 6.10 Å². The second-order valence-electron chi connectivity index (χ2n) is 5.30. The molecular weight excluding hydrogens is 243 g/mol. The molecular formula is C15H23FN2O. The van der Waals surface area contributed by atoms with Crippen molar-refractivity contribution in [2.24, 2.45) is 5.73 Å². The highest BCUT2D eigenvalue weighted by atomic mass is 19.1. The maximum Gasteiger partial charge on any atom is 0.123 e. The van der Waals surface area contributed by atoms with Crippen molar-refractivity contribution in [3.8, 4) is 0 Å². The van der Waals surface area contributed by atoms with Gasteiger partial charge in [0, 0.05) is 26.2 Å². The Morgan fingerprint density at radius 2 is 2.21 bits per heavy atom. The molecule has 1 atom stereocenters. The first-order valence-electron chi connectivity index (χ1n) is 6.96. The van der Waals surface area contributed by atoms with Gasteiger partial charge < -0.3 is 10.5 Å². The molecule has 1 aromatic rings. The minimum atomic E-state index is -0.220. The lowest BCUT2D eigenvalue weighted by Gasteiger charge is -2.27. The zero-order chi connectivity index (χ0) is 13.7. The standard InChI is InChI=1S/C15H23FN2O/c1-18(11-15-4-2-3-7-19-15)10-12-5-6-14(16)8-13(12)9-17/h5-6,8,15H,2-4,7,9-11,17H2,1H3. The normalized spacial score (nSPS) is 19.9. The first-order chi connectivity index (χ1) is 9.19. The minimum Gasteiger partial charge on any atom is -0.377 e. The summed E-state index contributed by atoms with van der Waals surface area (Å²) >= 11 is 0. The van der Waals surface area contributed by atoms with E-state index in [1.165, 1.54) is 25.0 Å². The molecule has 0 saturated carbocycles. The van der Waals surface area contributed by atoms with Crippen LogP contribution in [0.25, 0.3) is 0 Å². The summed E-state index contributed by atoms with van der Waals surface area (Å²) in [4.78, 5) is 2.22. The summed E-state index contributed by atoms with van der Waals surface area (Å²) < 4.78 is 18.9.